The molecule has 27 heavy (non-hydrogen) atoms. The van der Waals surface area contributed by atoms with E-state index in [1.54, 1.807) is 7.05 Å². The molecule has 0 aliphatic carbocycles. The summed E-state index contributed by atoms with van der Waals surface area (Å²) in [6, 6.07) is 20.8. The lowest BCUT2D eigenvalue weighted by Gasteiger charge is -2.43. The maximum atomic E-state index is 11.5. The molecule has 0 saturated carbocycles. The average molecular weight is 385 g/mol. The zero-order valence-electron chi connectivity index (χ0n) is 16.9. The van der Waals surface area contributed by atoms with Crippen LogP contribution in [-0.4, -0.2) is 33.9 Å². The number of hydrogen-bond donors (Lipinski definition) is 2. The minimum Gasteiger partial charge on any atom is -0.406 e. The summed E-state index contributed by atoms with van der Waals surface area (Å²) in [7, 11) is -0.912. The van der Waals surface area contributed by atoms with E-state index in [4.69, 9.17) is 10.2 Å². The molecule has 2 rings (SSSR count). The van der Waals surface area contributed by atoms with Crippen LogP contribution in [0.5, 0.6) is 0 Å². The summed E-state index contributed by atoms with van der Waals surface area (Å²) in [5, 5.41) is 5.05. The SMILES string of the molecule is CNC(=O)CC[C@H](N)CO[Si](c1ccccc1)(c1ccccc1)C(C)(C)C. The third-order valence-corrected chi connectivity index (χ3v) is 9.96. The Morgan fingerprint density at radius 1 is 1.04 bits per heavy atom. The van der Waals surface area contributed by atoms with Gasteiger partial charge in [0.2, 0.25) is 5.91 Å². The summed E-state index contributed by atoms with van der Waals surface area (Å²) in [5.41, 5.74) is 6.30. The van der Waals surface area contributed by atoms with Crippen molar-refractivity contribution >= 4 is 24.6 Å². The monoisotopic (exact) mass is 384 g/mol. The van der Waals surface area contributed by atoms with Crippen molar-refractivity contribution in [3.8, 4) is 0 Å². The van der Waals surface area contributed by atoms with Gasteiger partial charge in [-0.25, -0.2) is 0 Å². The molecular weight excluding hydrogens is 352 g/mol. The molecule has 0 saturated heterocycles. The van der Waals surface area contributed by atoms with Gasteiger partial charge in [0.05, 0.1) is 0 Å². The van der Waals surface area contributed by atoms with Crippen LogP contribution in [0.25, 0.3) is 0 Å². The summed E-state index contributed by atoms with van der Waals surface area (Å²) in [6.07, 6.45) is 1.03. The van der Waals surface area contributed by atoms with E-state index in [2.05, 4.69) is 74.6 Å². The fourth-order valence-electron chi connectivity index (χ4n) is 3.52. The van der Waals surface area contributed by atoms with Gasteiger partial charge in [0.1, 0.15) is 0 Å². The fourth-order valence-corrected chi connectivity index (χ4v) is 8.14. The van der Waals surface area contributed by atoms with Gasteiger partial charge in [-0.15, -0.1) is 0 Å². The van der Waals surface area contributed by atoms with Crippen LogP contribution in [0.3, 0.4) is 0 Å². The first-order valence-electron chi connectivity index (χ1n) is 9.52. The molecular formula is C22H32N2O2Si. The lowest BCUT2D eigenvalue weighted by Crippen LogP contribution is -2.67. The molecule has 0 spiro atoms. The normalized spacial score (nSPS) is 13.2. The Bertz CT molecular complexity index is 675. The molecule has 0 radical (unpaired) electrons. The molecule has 0 unspecified atom stereocenters. The molecule has 2 aromatic carbocycles. The minimum absolute atomic E-state index is 0.0101. The third kappa shape index (κ3) is 5.06. The van der Waals surface area contributed by atoms with E-state index in [-0.39, 0.29) is 17.0 Å². The molecule has 0 heterocycles. The Labute approximate surface area is 164 Å². The lowest BCUT2D eigenvalue weighted by atomic mass is 10.2. The van der Waals surface area contributed by atoms with Crippen molar-refractivity contribution in [1.82, 2.24) is 5.32 Å². The number of carbonyl (C=O) groups excluding carboxylic acids is 1. The topological polar surface area (TPSA) is 64.4 Å². The van der Waals surface area contributed by atoms with Gasteiger partial charge in [-0.3, -0.25) is 4.79 Å². The zero-order valence-corrected chi connectivity index (χ0v) is 17.9. The van der Waals surface area contributed by atoms with Crippen molar-refractivity contribution < 1.29 is 9.22 Å². The van der Waals surface area contributed by atoms with Crippen molar-refractivity contribution in [2.24, 2.45) is 5.73 Å². The lowest BCUT2D eigenvalue weighted by molar-refractivity contribution is -0.120. The molecule has 0 aromatic heterocycles. The second-order valence-electron chi connectivity index (χ2n) is 7.95. The molecule has 1 amide bonds. The first-order valence-corrected chi connectivity index (χ1v) is 11.4. The molecule has 5 heteroatoms. The summed E-state index contributed by atoms with van der Waals surface area (Å²) < 4.78 is 6.78. The minimum atomic E-state index is -2.56. The Hall–Kier alpha value is -1.95. The fraction of sp³-hybridized carbons (Fsp3) is 0.409. The van der Waals surface area contributed by atoms with Crippen LogP contribution in [-0.2, 0) is 9.22 Å². The van der Waals surface area contributed by atoms with Crippen molar-refractivity contribution in [3.63, 3.8) is 0 Å². The molecule has 2 aromatic rings. The predicted molar refractivity (Wildman–Crippen MR) is 115 cm³/mol. The first-order chi connectivity index (χ1) is 12.8. The number of amides is 1. The van der Waals surface area contributed by atoms with Crippen molar-refractivity contribution in [2.75, 3.05) is 13.7 Å². The maximum absolute atomic E-state index is 11.5. The summed E-state index contributed by atoms with van der Waals surface area (Å²) >= 11 is 0. The number of nitrogens with one attached hydrogen (secondary N) is 1. The zero-order chi connectivity index (χ0) is 19.9. The van der Waals surface area contributed by atoms with Gasteiger partial charge in [-0.05, 0) is 21.8 Å². The smallest absolute Gasteiger partial charge is 0.261 e. The Morgan fingerprint density at radius 3 is 1.93 bits per heavy atom. The molecule has 146 valence electrons. The van der Waals surface area contributed by atoms with E-state index in [1.165, 1.54) is 10.4 Å². The largest absolute Gasteiger partial charge is 0.406 e. The Balaban J connectivity index is 2.36. The number of nitrogens with two attached hydrogens (primary N) is 1. The van der Waals surface area contributed by atoms with E-state index in [0.29, 0.717) is 19.4 Å². The van der Waals surface area contributed by atoms with E-state index >= 15 is 0 Å². The van der Waals surface area contributed by atoms with E-state index < -0.39 is 8.32 Å². The highest BCUT2D eigenvalue weighted by Crippen LogP contribution is 2.36. The second kappa shape index (κ2) is 9.31. The quantitative estimate of drug-likeness (QED) is 0.687. The highest BCUT2D eigenvalue weighted by atomic mass is 28.4. The Morgan fingerprint density at radius 2 is 1.52 bits per heavy atom. The molecule has 1 atom stereocenters. The van der Waals surface area contributed by atoms with Gasteiger partial charge < -0.3 is 15.5 Å². The van der Waals surface area contributed by atoms with E-state index in [1.807, 2.05) is 12.1 Å². The number of rotatable bonds is 8. The van der Waals surface area contributed by atoms with Crippen molar-refractivity contribution in [3.05, 3.63) is 60.7 Å². The highest BCUT2D eigenvalue weighted by Gasteiger charge is 2.50. The van der Waals surface area contributed by atoms with Crippen molar-refractivity contribution in [2.45, 2.75) is 44.7 Å². The van der Waals surface area contributed by atoms with Crippen LogP contribution < -0.4 is 21.4 Å². The third-order valence-electron chi connectivity index (χ3n) is 4.95. The van der Waals surface area contributed by atoms with Crippen LogP contribution in [0.2, 0.25) is 5.04 Å². The maximum Gasteiger partial charge on any atom is 0.261 e. The molecule has 4 nitrogen and oxygen atoms in total. The van der Waals surface area contributed by atoms with Crippen molar-refractivity contribution in [1.29, 1.82) is 0 Å². The highest BCUT2D eigenvalue weighted by molar-refractivity contribution is 6.99. The molecule has 0 fully saturated rings. The van der Waals surface area contributed by atoms with Gasteiger partial charge in [0.15, 0.2) is 0 Å². The molecule has 3 N–H and O–H groups in total. The van der Waals surface area contributed by atoms with Gasteiger partial charge in [-0.2, -0.15) is 0 Å². The molecule has 0 aliphatic rings. The van der Waals surface area contributed by atoms with Gasteiger partial charge in [0.25, 0.3) is 8.32 Å². The van der Waals surface area contributed by atoms with E-state index in [9.17, 15) is 4.79 Å². The molecule has 0 aliphatic heterocycles. The summed E-state index contributed by atoms with van der Waals surface area (Å²) in [6.45, 7) is 7.17. The first kappa shape index (κ1) is 21.3. The average Bonchev–Trinajstić information content (AvgIpc) is 2.67. The predicted octanol–water partition coefficient (Wildman–Crippen LogP) is 2.42. The van der Waals surface area contributed by atoms with Gasteiger partial charge in [-0.1, -0.05) is 81.4 Å². The molecule has 0 bridgehead atoms. The van der Waals surface area contributed by atoms with Crippen LogP contribution in [0.15, 0.2) is 60.7 Å². The van der Waals surface area contributed by atoms with Crippen LogP contribution in [0.4, 0.5) is 0 Å². The number of benzene rings is 2. The summed E-state index contributed by atoms with van der Waals surface area (Å²) in [4.78, 5) is 11.5. The standard InChI is InChI=1S/C22H32N2O2Si/c1-22(2,3)27(19-11-7-5-8-12-19,20-13-9-6-10-14-20)26-17-18(23)15-16-21(25)24-4/h5-14,18H,15-17,23H2,1-4H3,(H,24,25)/t18-/m0/s1. The van der Waals surface area contributed by atoms with Crippen LogP contribution >= 0.6 is 0 Å². The summed E-state index contributed by atoms with van der Waals surface area (Å²) in [5.74, 6) is 0.0101. The second-order valence-corrected chi connectivity index (χ2v) is 12.3. The van der Waals surface area contributed by atoms with Crippen LogP contribution in [0, 0.1) is 0 Å². The number of carbonyl (C=O) groups is 1. The van der Waals surface area contributed by atoms with Gasteiger partial charge in [0, 0.05) is 26.1 Å². The van der Waals surface area contributed by atoms with Gasteiger partial charge >= 0.3 is 0 Å². The Kier molecular flexibility index (Phi) is 7.36. The van der Waals surface area contributed by atoms with E-state index in [0.717, 1.165) is 0 Å². The number of hydrogen-bond acceptors (Lipinski definition) is 3. The van der Waals surface area contributed by atoms with Crippen LogP contribution in [0.1, 0.15) is 33.6 Å².